The summed E-state index contributed by atoms with van der Waals surface area (Å²) in [5, 5.41) is 2.56. The molecule has 3 rings (SSSR count). The summed E-state index contributed by atoms with van der Waals surface area (Å²) in [7, 11) is 0. The normalized spacial score (nSPS) is 27.6. The number of carbonyl (C=O) groups is 2. The van der Waals surface area contributed by atoms with Gasteiger partial charge in [0.1, 0.15) is 6.04 Å². The second-order valence-corrected chi connectivity index (χ2v) is 6.13. The number of nitrogens with one attached hydrogen (secondary N) is 1. The lowest BCUT2D eigenvalue weighted by molar-refractivity contribution is -0.147. The van der Waals surface area contributed by atoms with Gasteiger partial charge in [0.25, 0.3) is 0 Å². The third kappa shape index (κ3) is 2.92. The number of piperazine rings is 1. The van der Waals surface area contributed by atoms with Crippen molar-refractivity contribution in [2.45, 2.75) is 25.6 Å². The molecule has 4 nitrogen and oxygen atoms in total. The molecule has 23 heavy (non-hydrogen) atoms. The highest BCUT2D eigenvalue weighted by Gasteiger charge is 2.47. The molecular formula is C16H17F3N2O2. The van der Waals surface area contributed by atoms with Crippen molar-refractivity contribution in [3.05, 3.63) is 35.4 Å². The van der Waals surface area contributed by atoms with E-state index in [4.69, 9.17) is 0 Å². The van der Waals surface area contributed by atoms with E-state index >= 15 is 0 Å². The van der Waals surface area contributed by atoms with Crippen LogP contribution in [0.15, 0.2) is 24.3 Å². The fourth-order valence-electron chi connectivity index (χ4n) is 3.09. The first-order chi connectivity index (χ1) is 10.8. The second kappa shape index (κ2) is 5.54. The van der Waals surface area contributed by atoms with Crippen LogP contribution in [0, 0.1) is 11.8 Å². The Bertz CT molecular complexity index is 644. The van der Waals surface area contributed by atoms with E-state index in [1.807, 2.05) is 6.92 Å². The zero-order valence-electron chi connectivity index (χ0n) is 12.6. The molecule has 2 fully saturated rings. The molecular weight excluding hydrogens is 309 g/mol. The van der Waals surface area contributed by atoms with Crippen LogP contribution in [-0.4, -0.2) is 29.8 Å². The van der Waals surface area contributed by atoms with Crippen LogP contribution in [0.4, 0.5) is 13.2 Å². The predicted octanol–water partition coefficient (Wildman–Crippen LogP) is 2.36. The maximum absolute atomic E-state index is 13.3. The third-order valence-corrected chi connectivity index (χ3v) is 4.48. The molecule has 2 amide bonds. The average molecular weight is 326 g/mol. The molecule has 2 aliphatic rings. The highest BCUT2D eigenvalue weighted by Crippen LogP contribution is 2.42. The number of hydrogen-bond acceptors (Lipinski definition) is 2. The average Bonchev–Trinajstić information content (AvgIpc) is 3.22. The molecule has 0 aromatic heterocycles. The van der Waals surface area contributed by atoms with Crippen LogP contribution < -0.4 is 5.32 Å². The quantitative estimate of drug-likeness (QED) is 0.907. The molecule has 3 atom stereocenters. The molecule has 7 heteroatoms. The summed E-state index contributed by atoms with van der Waals surface area (Å²) >= 11 is 0. The van der Waals surface area contributed by atoms with Crippen LogP contribution in [0.2, 0.25) is 0 Å². The van der Waals surface area contributed by atoms with Gasteiger partial charge in [0.2, 0.25) is 11.8 Å². The van der Waals surface area contributed by atoms with E-state index < -0.39 is 23.7 Å². The van der Waals surface area contributed by atoms with Crippen molar-refractivity contribution < 1.29 is 22.8 Å². The smallest absolute Gasteiger partial charge is 0.352 e. The number of rotatable bonds is 2. The summed E-state index contributed by atoms with van der Waals surface area (Å²) < 4.78 is 39.8. The molecule has 1 heterocycles. The standard InChI is InChI=1S/C16H17F3N2O2/c1-9-8-11(9)15(23)21-7-6-20-14(22)13(21)10-4-2-3-5-12(10)16(17,18)19/h2-5,9,11,13H,6-8H2,1H3,(H,20,22)/t9-,11+,13+/m1/s1. The van der Waals surface area contributed by atoms with E-state index in [9.17, 15) is 22.8 Å². The first kappa shape index (κ1) is 15.8. The Hall–Kier alpha value is -2.05. The van der Waals surface area contributed by atoms with Gasteiger partial charge in [-0.1, -0.05) is 25.1 Å². The summed E-state index contributed by atoms with van der Waals surface area (Å²) in [5.41, 5.74) is -1.04. The van der Waals surface area contributed by atoms with Gasteiger partial charge < -0.3 is 10.2 Å². The number of halogens is 3. The van der Waals surface area contributed by atoms with Crippen molar-refractivity contribution in [2.24, 2.45) is 11.8 Å². The van der Waals surface area contributed by atoms with Gasteiger partial charge in [-0.25, -0.2) is 0 Å². The number of benzene rings is 1. The van der Waals surface area contributed by atoms with E-state index in [-0.39, 0.29) is 36.4 Å². The Morgan fingerprint density at radius 1 is 1.30 bits per heavy atom. The van der Waals surface area contributed by atoms with Crippen LogP contribution in [0.1, 0.15) is 30.5 Å². The summed E-state index contributed by atoms with van der Waals surface area (Å²) in [5.74, 6) is -0.739. The van der Waals surface area contributed by atoms with Crippen molar-refractivity contribution in [2.75, 3.05) is 13.1 Å². The van der Waals surface area contributed by atoms with E-state index in [1.54, 1.807) is 0 Å². The minimum atomic E-state index is -4.57. The molecule has 1 aliphatic carbocycles. The van der Waals surface area contributed by atoms with E-state index in [2.05, 4.69) is 5.32 Å². The van der Waals surface area contributed by atoms with E-state index in [0.29, 0.717) is 0 Å². The fourth-order valence-corrected chi connectivity index (χ4v) is 3.09. The first-order valence-corrected chi connectivity index (χ1v) is 7.55. The van der Waals surface area contributed by atoms with Gasteiger partial charge >= 0.3 is 6.18 Å². The van der Waals surface area contributed by atoms with Gasteiger partial charge in [-0.3, -0.25) is 9.59 Å². The molecule has 1 aliphatic heterocycles. The zero-order chi connectivity index (χ0) is 16.8. The fraction of sp³-hybridized carbons (Fsp3) is 0.500. The Kier molecular flexibility index (Phi) is 3.82. The Balaban J connectivity index is 2.00. The lowest BCUT2D eigenvalue weighted by Gasteiger charge is -2.36. The van der Waals surface area contributed by atoms with Gasteiger partial charge in [0.15, 0.2) is 0 Å². The van der Waals surface area contributed by atoms with Crippen molar-refractivity contribution in [1.29, 1.82) is 0 Å². The van der Waals surface area contributed by atoms with Crippen LogP contribution in [0.25, 0.3) is 0 Å². The van der Waals surface area contributed by atoms with Crippen molar-refractivity contribution >= 4 is 11.8 Å². The van der Waals surface area contributed by atoms with Gasteiger partial charge in [0.05, 0.1) is 5.56 Å². The van der Waals surface area contributed by atoms with Crippen molar-refractivity contribution in [1.82, 2.24) is 10.2 Å². The molecule has 124 valence electrons. The minimum absolute atomic E-state index is 0.168. The number of alkyl halides is 3. The molecule has 1 aromatic carbocycles. The lowest BCUT2D eigenvalue weighted by Crippen LogP contribution is -2.53. The molecule has 0 bridgehead atoms. The van der Waals surface area contributed by atoms with Gasteiger partial charge in [-0.05, 0) is 24.0 Å². The van der Waals surface area contributed by atoms with Gasteiger partial charge in [-0.2, -0.15) is 13.2 Å². The Labute approximate surface area is 131 Å². The Morgan fingerprint density at radius 3 is 2.57 bits per heavy atom. The number of nitrogens with zero attached hydrogens (tertiary/aromatic N) is 1. The highest BCUT2D eigenvalue weighted by atomic mass is 19.4. The number of hydrogen-bond donors (Lipinski definition) is 1. The van der Waals surface area contributed by atoms with E-state index in [0.717, 1.165) is 12.5 Å². The molecule has 0 spiro atoms. The summed E-state index contributed by atoms with van der Waals surface area (Å²) in [6.07, 6.45) is -3.85. The largest absolute Gasteiger partial charge is 0.416 e. The first-order valence-electron chi connectivity index (χ1n) is 7.55. The minimum Gasteiger partial charge on any atom is -0.352 e. The third-order valence-electron chi connectivity index (χ3n) is 4.48. The lowest BCUT2D eigenvalue weighted by atomic mass is 9.96. The zero-order valence-corrected chi connectivity index (χ0v) is 12.6. The Morgan fingerprint density at radius 2 is 1.96 bits per heavy atom. The monoisotopic (exact) mass is 326 g/mol. The predicted molar refractivity (Wildman–Crippen MR) is 76.2 cm³/mol. The topological polar surface area (TPSA) is 49.4 Å². The SMILES string of the molecule is C[C@@H]1C[C@@H]1C(=O)N1CCNC(=O)[C@@H]1c1ccccc1C(F)(F)F. The van der Waals surface area contributed by atoms with Crippen molar-refractivity contribution in [3.63, 3.8) is 0 Å². The maximum atomic E-state index is 13.3. The molecule has 1 aromatic rings. The van der Waals surface area contributed by atoms with E-state index in [1.165, 1.54) is 23.1 Å². The molecule has 1 saturated carbocycles. The molecule has 0 radical (unpaired) electrons. The molecule has 1 N–H and O–H groups in total. The molecule has 1 saturated heterocycles. The van der Waals surface area contributed by atoms with Gasteiger partial charge in [0, 0.05) is 19.0 Å². The van der Waals surface area contributed by atoms with Gasteiger partial charge in [-0.15, -0.1) is 0 Å². The van der Waals surface area contributed by atoms with Crippen LogP contribution in [0.3, 0.4) is 0 Å². The maximum Gasteiger partial charge on any atom is 0.416 e. The summed E-state index contributed by atoms with van der Waals surface area (Å²) in [6.45, 7) is 2.41. The highest BCUT2D eigenvalue weighted by molar-refractivity contribution is 5.91. The van der Waals surface area contributed by atoms with Crippen LogP contribution in [-0.2, 0) is 15.8 Å². The van der Waals surface area contributed by atoms with Crippen LogP contribution in [0.5, 0.6) is 0 Å². The van der Waals surface area contributed by atoms with Crippen molar-refractivity contribution in [3.8, 4) is 0 Å². The second-order valence-electron chi connectivity index (χ2n) is 6.13. The summed E-state index contributed by atoms with van der Waals surface area (Å²) in [6, 6.07) is 3.73. The molecule has 0 unspecified atom stereocenters. The number of amides is 2. The summed E-state index contributed by atoms with van der Waals surface area (Å²) in [4.78, 5) is 26.1. The van der Waals surface area contributed by atoms with Crippen LogP contribution >= 0.6 is 0 Å². The number of carbonyl (C=O) groups excluding carboxylic acids is 2.